The molecular formula is C20H20Cl2FN3O3. The van der Waals surface area contributed by atoms with Crippen molar-refractivity contribution in [2.24, 2.45) is 5.92 Å². The maximum atomic E-state index is 13.1. The fourth-order valence-electron chi connectivity index (χ4n) is 3.09. The van der Waals surface area contributed by atoms with Gasteiger partial charge in [-0.05, 0) is 43.2 Å². The number of hydrogen-bond donors (Lipinski definition) is 1. The SMILES string of the molecule is O=C(Nc1ccc(Cl)cn1)C1CCCN(C(=O)CCOc2ccc(F)cc2Cl)C1. The summed E-state index contributed by atoms with van der Waals surface area (Å²) in [5.41, 5.74) is 0. The summed E-state index contributed by atoms with van der Waals surface area (Å²) in [5.74, 6) is -0.292. The second-order valence-corrected chi connectivity index (χ2v) is 7.55. The number of anilines is 1. The first-order valence-corrected chi connectivity index (χ1v) is 9.96. The highest BCUT2D eigenvalue weighted by molar-refractivity contribution is 6.32. The van der Waals surface area contributed by atoms with Crippen molar-refractivity contribution < 1.29 is 18.7 Å². The van der Waals surface area contributed by atoms with Gasteiger partial charge in [0.1, 0.15) is 17.4 Å². The molecule has 2 aromatic rings. The largest absolute Gasteiger partial charge is 0.491 e. The second-order valence-electron chi connectivity index (χ2n) is 6.70. The Balaban J connectivity index is 1.48. The lowest BCUT2D eigenvalue weighted by Gasteiger charge is -2.32. The summed E-state index contributed by atoms with van der Waals surface area (Å²) >= 11 is 11.7. The van der Waals surface area contributed by atoms with Crippen molar-refractivity contribution in [1.29, 1.82) is 0 Å². The van der Waals surface area contributed by atoms with E-state index in [4.69, 9.17) is 27.9 Å². The minimum absolute atomic E-state index is 0.106. The van der Waals surface area contributed by atoms with Crippen molar-refractivity contribution in [2.45, 2.75) is 19.3 Å². The van der Waals surface area contributed by atoms with E-state index in [0.29, 0.717) is 36.1 Å². The fraction of sp³-hybridized carbons (Fsp3) is 0.350. The molecule has 1 unspecified atom stereocenters. The summed E-state index contributed by atoms with van der Waals surface area (Å²) in [6, 6.07) is 7.10. The van der Waals surface area contributed by atoms with Gasteiger partial charge in [-0.2, -0.15) is 0 Å². The van der Waals surface area contributed by atoms with Gasteiger partial charge in [-0.15, -0.1) is 0 Å². The van der Waals surface area contributed by atoms with E-state index in [1.54, 1.807) is 17.0 Å². The summed E-state index contributed by atoms with van der Waals surface area (Å²) in [6.07, 6.45) is 3.04. The zero-order valence-electron chi connectivity index (χ0n) is 15.5. The molecule has 0 radical (unpaired) electrons. The molecule has 0 aliphatic carbocycles. The van der Waals surface area contributed by atoms with Crippen LogP contribution in [0, 0.1) is 11.7 Å². The van der Waals surface area contributed by atoms with Crippen molar-refractivity contribution in [3.8, 4) is 5.75 Å². The summed E-state index contributed by atoms with van der Waals surface area (Å²) in [5, 5.41) is 3.40. The van der Waals surface area contributed by atoms with Gasteiger partial charge in [-0.1, -0.05) is 23.2 Å². The van der Waals surface area contributed by atoms with Crippen LogP contribution in [0.2, 0.25) is 10.0 Å². The number of likely N-dealkylation sites (tertiary alicyclic amines) is 1. The number of hydrogen-bond acceptors (Lipinski definition) is 4. The fourth-order valence-corrected chi connectivity index (χ4v) is 3.43. The molecule has 9 heteroatoms. The van der Waals surface area contributed by atoms with Crippen molar-refractivity contribution >= 4 is 40.8 Å². The van der Waals surface area contributed by atoms with Crippen LogP contribution in [0.4, 0.5) is 10.2 Å². The lowest BCUT2D eigenvalue weighted by atomic mass is 9.97. The van der Waals surface area contributed by atoms with Crippen molar-refractivity contribution in [1.82, 2.24) is 9.88 Å². The first kappa shape index (κ1) is 21.3. The molecule has 6 nitrogen and oxygen atoms in total. The molecule has 0 spiro atoms. The third-order valence-electron chi connectivity index (χ3n) is 4.59. The van der Waals surface area contributed by atoms with Gasteiger partial charge in [-0.25, -0.2) is 9.37 Å². The maximum absolute atomic E-state index is 13.1. The van der Waals surface area contributed by atoms with Crippen LogP contribution < -0.4 is 10.1 Å². The number of nitrogens with zero attached hydrogens (tertiary/aromatic N) is 2. The van der Waals surface area contributed by atoms with Gasteiger partial charge in [0.2, 0.25) is 11.8 Å². The van der Waals surface area contributed by atoms with E-state index >= 15 is 0 Å². The van der Waals surface area contributed by atoms with E-state index in [2.05, 4.69) is 10.3 Å². The summed E-state index contributed by atoms with van der Waals surface area (Å²) < 4.78 is 18.5. The molecule has 29 heavy (non-hydrogen) atoms. The van der Waals surface area contributed by atoms with Gasteiger partial charge in [0.05, 0.1) is 29.0 Å². The zero-order valence-corrected chi connectivity index (χ0v) is 17.0. The molecule has 3 rings (SSSR count). The Morgan fingerprint density at radius 2 is 2.10 bits per heavy atom. The maximum Gasteiger partial charge on any atom is 0.230 e. The van der Waals surface area contributed by atoms with Gasteiger partial charge in [-0.3, -0.25) is 9.59 Å². The Hall–Kier alpha value is -2.38. The second kappa shape index (κ2) is 9.89. The standard InChI is InChI=1S/C20H20Cl2FN3O3/c21-14-3-6-18(24-11-14)25-20(28)13-2-1-8-26(12-13)19(27)7-9-29-17-5-4-15(23)10-16(17)22/h3-6,10-11,13H,1-2,7-9,12H2,(H,24,25,28). The van der Waals surface area contributed by atoms with E-state index in [9.17, 15) is 14.0 Å². The lowest BCUT2D eigenvalue weighted by molar-refractivity contribution is -0.135. The van der Waals surface area contributed by atoms with E-state index in [1.165, 1.54) is 18.3 Å². The molecule has 1 fully saturated rings. The summed E-state index contributed by atoms with van der Waals surface area (Å²) in [7, 11) is 0. The molecule has 1 atom stereocenters. The number of halogens is 3. The molecule has 0 bridgehead atoms. The number of aromatic nitrogens is 1. The van der Waals surface area contributed by atoms with E-state index < -0.39 is 5.82 Å². The minimum Gasteiger partial charge on any atom is -0.491 e. The molecule has 2 heterocycles. The topological polar surface area (TPSA) is 71.5 Å². The van der Waals surface area contributed by atoms with E-state index in [1.807, 2.05) is 0 Å². The van der Waals surface area contributed by atoms with E-state index in [-0.39, 0.29) is 35.8 Å². The van der Waals surface area contributed by atoms with Crippen LogP contribution in [0.25, 0.3) is 0 Å². The molecule has 0 saturated carbocycles. The highest BCUT2D eigenvalue weighted by Gasteiger charge is 2.28. The lowest BCUT2D eigenvalue weighted by Crippen LogP contribution is -2.44. The van der Waals surface area contributed by atoms with Gasteiger partial charge in [0, 0.05) is 19.3 Å². The average molecular weight is 440 g/mol. The number of pyridine rings is 1. The van der Waals surface area contributed by atoms with Crippen LogP contribution in [-0.4, -0.2) is 41.4 Å². The third kappa shape index (κ3) is 6.05. The molecule has 1 aromatic heterocycles. The van der Waals surface area contributed by atoms with Crippen LogP contribution in [0.5, 0.6) is 5.75 Å². The van der Waals surface area contributed by atoms with Crippen LogP contribution >= 0.6 is 23.2 Å². The Morgan fingerprint density at radius 3 is 2.83 bits per heavy atom. The molecule has 1 N–H and O–H groups in total. The Morgan fingerprint density at radius 1 is 1.28 bits per heavy atom. The van der Waals surface area contributed by atoms with Gasteiger partial charge in [0.25, 0.3) is 0 Å². The number of nitrogens with one attached hydrogen (secondary N) is 1. The normalized spacial score (nSPS) is 16.4. The predicted molar refractivity (Wildman–Crippen MR) is 109 cm³/mol. The third-order valence-corrected chi connectivity index (χ3v) is 5.11. The van der Waals surface area contributed by atoms with Gasteiger partial charge in [0.15, 0.2) is 0 Å². The number of ether oxygens (including phenoxy) is 1. The van der Waals surface area contributed by atoms with Crippen LogP contribution in [-0.2, 0) is 9.59 Å². The van der Waals surface area contributed by atoms with Crippen LogP contribution in [0.15, 0.2) is 36.5 Å². The van der Waals surface area contributed by atoms with Crippen molar-refractivity contribution in [2.75, 3.05) is 25.0 Å². The van der Waals surface area contributed by atoms with Gasteiger partial charge < -0.3 is 15.0 Å². The number of carbonyl (C=O) groups excluding carboxylic acids is 2. The minimum atomic E-state index is -0.454. The predicted octanol–water partition coefficient (Wildman–Crippen LogP) is 4.17. The molecular weight excluding hydrogens is 420 g/mol. The quantitative estimate of drug-likeness (QED) is 0.732. The number of amides is 2. The highest BCUT2D eigenvalue weighted by Crippen LogP contribution is 2.25. The average Bonchev–Trinajstić information content (AvgIpc) is 2.71. The van der Waals surface area contributed by atoms with Crippen molar-refractivity contribution in [3.05, 3.63) is 52.4 Å². The smallest absolute Gasteiger partial charge is 0.230 e. The zero-order chi connectivity index (χ0) is 20.8. The molecule has 2 amide bonds. The molecule has 1 aliphatic rings. The molecule has 1 aliphatic heterocycles. The molecule has 1 saturated heterocycles. The Labute approximate surface area is 178 Å². The van der Waals surface area contributed by atoms with Crippen molar-refractivity contribution in [3.63, 3.8) is 0 Å². The monoisotopic (exact) mass is 439 g/mol. The summed E-state index contributed by atoms with van der Waals surface area (Å²) in [6.45, 7) is 1.06. The number of piperidine rings is 1. The molecule has 1 aromatic carbocycles. The Kier molecular flexibility index (Phi) is 7.28. The number of carbonyl (C=O) groups is 2. The Bertz CT molecular complexity index is 880. The number of rotatable bonds is 6. The highest BCUT2D eigenvalue weighted by atomic mass is 35.5. The first-order chi connectivity index (χ1) is 13.9. The number of benzene rings is 1. The van der Waals surface area contributed by atoms with E-state index in [0.717, 1.165) is 12.5 Å². The molecule has 154 valence electrons. The van der Waals surface area contributed by atoms with Crippen LogP contribution in [0.3, 0.4) is 0 Å². The van der Waals surface area contributed by atoms with Gasteiger partial charge >= 0.3 is 0 Å². The first-order valence-electron chi connectivity index (χ1n) is 9.20. The van der Waals surface area contributed by atoms with Crippen LogP contribution in [0.1, 0.15) is 19.3 Å². The summed E-state index contributed by atoms with van der Waals surface area (Å²) in [4.78, 5) is 30.7.